The van der Waals surface area contributed by atoms with Gasteiger partial charge in [-0.25, -0.2) is 9.59 Å². The van der Waals surface area contributed by atoms with Crippen LogP contribution in [-0.2, 0) is 4.74 Å². The standard InChI is InChI=1S/C13H8Cl2O4S/c1-19-13(18)8-3-6(2-7(4-8)12(16)17)9-5-10(14)20-11(9)15/h2-5H,1H3,(H,16,17). The normalized spacial score (nSPS) is 10.3. The molecule has 0 saturated carbocycles. The molecule has 0 atom stereocenters. The van der Waals surface area contributed by atoms with E-state index in [2.05, 4.69) is 4.74 Å². The SMILES string of the molecule is COC(=O)c1cc(C(=O)O)cc(-c2cc(Cl)sc2Cl)c1. The second-order valence-electron chi connectivity index (χ2n) is 3.83. The zero-order valence-electron chi connectivity index (χ0n) is 10.1. The van der Waals surface area contributed by atoms with Crippen LogP contribution in [0, 0.1) is 0 Å². The van der Waals surface area contributed by atoms with Crippen molar-refractivity contribution in [3.63, 3.8) is 0 Å². The maximum atomic E-state index is 11.6. The lowest BCUT2D eigenvalue weighted by Crippen LogP contribution is -2.05. The third kappa shape index (κ3) is 2.95. The largest absolute Gasteiger partial charge is 0.478 e. The quantitative estimate of drug-likeness (QED) is 0.856. The molecule has 104 valence electrons. The Bertz CT molecular complexity index is 694. The molecule has 1 heterocycles. The number of rotatable bonds is 3. The molecule has 0 amide bonds. The van der Waals surface area contributed by atoms with Gasteiger partial charge in [0.2, 0.25) is 0 Å². The molecule has 0 saturated heterocycles. The number of esters is 1. The molecule has 0 spiro atoms. The molecule has 20 heavy (non-hydrogen) atoms. The van der Waals surface area contributed by atoms with Crippen molar-refractivity contribution in [1.29, 1.82) is 0 Å². The van der Waals surface area contributed by atoms with E-state index < -0.39 is 11.9 Å². The molecule has 0 unspecified atom stereocenters. The summed E-state index contributed by atoms with van der Waals surface area (Å²) in [6, 6.07) is 5.82. The fraction of sp³-hybridized carbons (Fsp3) is 0.0769. The van der Waals surface area contributed by atoms with Gasteiger partial charge in [-0.2, -0.15) is 0 Å². The first-order valence-electron chi connectivity index (χ1n) is 5.34. The van der Waals surface area contributed by atoms with Gasteiger partial charge in [0.15, 0.2) is 0 Å². The highest BCUT2D eigenvalue weighted by molar-refractivity contribution is 7.20. The van der Waals surface area contributed by atoms with Crippen LogP contribution in [0.15, 0.2) is 24.3 Å². The zero-order valence-corrected chi connectivity index (χ0v) is 12.5. The van der Waals surface area contributed by atoms with Crippen LogP contribution < -0.4 is 0 Å². The fourth-order valence-electron chi connectivity index (χ4n) is 1.68. The number of benzene rings is 1. The van der Waals surface area contributed by atoms with E-state index in [4.69, 9.17) is 28.3 Å². The Labute approximate surface area is 128 Å². The smallest absolute Gasteiger partial charge is 0.337 e. The molecule has 0 aliphatic rings. The summed E-state index contributed by atoms with van der Waals surface area (Å²) in [6.07, 6.45) is 0. The highest BCUT2D eigenvalue weighted by Crippen LogP contribution is 2.38. The number of thiophene rings is 1. The van der Waals surface area contributed by atoms with Gasteiger partial charge in [-0.15, -0.1) is 11.3 Å². The van der Waals surface area contributed by atoms with Crippen molar-refractivity contribution >= 4 is 46.5 Å². The number of hydrogen-bond donors (Lipinski definition) is 1. The molecular formula is C13H8Cl2O4S. The van der Waals surface area contributed by atoms with Gasteiger partial charge >= 0.3 is 11.9 Å². The predicted molar refractivity (Wildman–Crippen MR) is 78.1 cm³/mol. The van der Waals surface area contributed by atoms with Crippen LogP contribution in [0.3, 0.4) is 0 Å². The van der Waals surface area contributed by atoms with Crippen LogP contribution >= 0.6 is 34.5 Å². The maximum absolute atomic E-state index is 11.6. The monoisotopic (exact) mass is 330 g/mol. The first-order valence-corrected chi connectivity index (χ1v) is 6.91. The molecule has 1 aromatic carbocycles. The highest BCUT2D eigenvalue weighted by Gasteiger charge is 2.16. The molecule has 1 aromatic heterocycles. The van der Waals surface area contributed by atoms with Crippen molar-refractivity contribution in [2.75, 3.05) is 7.11 Å². The molecule has 2 aromatic rings. The van der Waals surface area contributed by atoms with Crippen molar-refractivity contribution < 1.29 is 19.4 Å². The van der Waals surface area contributed by atoms with Crippen LogP contribution in [0.25, 0.3) is 11.1 Å². The minimum atomic E-state index is -1.14. The third-order valence-electron chi connectivity index (χ3n) is 2.57. The Balaban J connectivity index is 2.63. The molecular weight excluding hydrogens is 323 g/mol. The summed E-state index contributed by atoms with van der Waals surface area (Å²) in [4.78, 5) is 22.7. The summed E-state index contributed by atoms with van der Waals surface area (Å²) in [6.45, 7) is 0. The van der Waals surface area contributed by atoms with E-state index in [1.165, 1.54) is 36.6 Å². The molecule has 7 heteroatoms. The zero-order chi connectivity index (χ0) is 14.9. The number of ether oxygens (including phenoxy) is 1. The number of carboxylic acids is 1. The molecule has 0 fully saturated rings. The van der Waals surface area contributed by atoms with E-state index >= 15 is 0 Å². The Kier molecular flexibility index (Phi) is 4.32. The van der Waals surface area contributed by atoms with Gasteiger partial charge < -0.3 is 9.84 Å². The van der Waals surface area contributed by atoms with E-state index in [-0.39, 0.29) is 11.1 Å². The number of methoxy groups -OCH3 is 1. The van der Waals surface area contributed by atoms with Crippen LogP contribution in [0.1, 0.15) is 20.7 Å². The molecule has 2 rings (SSSR count). The van der Waals surface area contributed by atoms with Crippen LogP contribution in [-0.4, -0.2) is 24.2 Å². The molecule has 1 N–H and O–H groups in total. The van der Waals surface area contributed by atoms with Crippen molar-refractivity contribution in [2.24, 2.45) is 0 Å². The lowest BCUT2D eigenvalue weighted by molar-refractivity contribution is 0.0601. The van der Waals surface area contributed by atoms with Gasteiger partial charge in [-0.05, 0) is 29.8 Å². The van der Waals surface area contributed by atoms with E-state index in [1.54, 1.807) is 6.07 Å². The van der Waals surface area contributed by atoms with Crippen molar-refractivity contribution in [3.05, 3.63) is 44.1 Å². The van der Waals surface area contributed by atoms with Gasteiger partial charge in [0.25, 0.3) is 0 Å². The van der Waals surface area contributed by atoms with Crippen molar-refractivity contribution in [3.8, 4) is 11.1 Å². The van der Waals surface area contributed by atoms with Crippen LogP contribution in [0.5, 0.6) is 0 Å². The number of carbonyl (C=O) groups excluding carboxylic acids is 1. The van der Waals surface area contributed by atoms with E-state index in [0.29, 0.717) is 19.8 Å². The summed E-state index contributed by atoms with van der Waals surface area (Å²) in [5, 5.41) is 9.10. The summed E-state index contributed by atoms with van der Waals surface area (Å²) in [5.41, 5.74) is 1.19. The Morgan fingerprint density at radius 1 is 1.15 bits per heavy atom. The second kappa shape index (κ2) is 5.83. The van der Waals surface area contributed by atoms with Gasteiger partial charge in [-0.1, -0.05) is 23.2 Å². The average molecular weight is 331 g/mol. The lowest BCUT2D eigenvalue weighted by Gasteiger charge is -2.06. The maximum Gasteiger partial charge on any atom is 0.337 e. The Morgan fingerprint density at radius 3 is 2.30 bits per heavy atom. The predicted octanol–water partition coefficient (Wildman–Crippen LogP) is 4.21. The fourth-order valence-corrected chi connectivity index (χ4v) is 3.19. The summed E-state index contributed by atoms with van der Waals surface area (Å²) in [5.74, 6) is -1.76. The number of hydrogen-bond acceptors (Lipinski definition) is 4. The van der Waals surface area contributed by atoms with Crippen molar-refractivity contribution in [2.45, 2.75) is 0 Å². The van der Waals surface area contributed by atoms with E-state index in [1.807, 2.05) is 0 Å². The number of aromatic carboxylic acids is 1. The Morgan fingerprint density at radius 2 is 1.80 bits per heavy atom. The minimum Gasteiger partial charge on any atom is -0.478 e. The van der Waals surface area contributed by atoms with Gasteiger partial charge in [0.1, 0.15) is 4.34 Å². The number of halogens is 2. The lowest BCUT2D eigenvalue weighted by atomic mass is 10.0. The number of carbonyl (C=O) groups is 2. The molecule has 0 aliphatic heterocycles. The first kappa shape index (κ1) is 14.8. The van der Waals surface area contributed by atoms with Gasteiger partial charge in [0, 0.05) is 5.56 Å². The average Bonchev–Trinajstić information content (AvgIpc) is 2.76. The van der Waals surface area contributed by atoms with Gasteiger partial charge in [-0.3, -0.25) is 0 Å². The first-order chi connectivity index (χ1) is 9.42. The van der Waals surface area contributed by atoms with Crippen molar-refractivity contribution in [1.82, 2.24) is 0 Å². The van der Waals surface area contributed by atoms with Crippen LogP contribution in [0.4, 0.5) is 0 Å². The van der Waals surface area contributed by atoms with Gasteiger partial charge in [0.05, 0.1) is 22.6 Å². The molecule has 4 nitrogen and oxygen atoms in total. The summed E-state index contributed by atoms with van der Waals surface area (Å²) >= 11 is 13.1. The summed E-state index contributed by atoms with van der Waals surface area (Å²) in [7, 11) is 1.23. The third-order valence-corrected chi connectivity index (χ3v) is 4.06. The topological polar surface area (TPSA) is 63.6 Å². The van der Waals surface area contributed by atoms with E-state index in [0.717, 1.165) is 0 Å². The highest BCUT2D eigenvalue weighted by atomic mass is 35.5. The molecule has 0 radical (unpaired) electrons. The minimum absolute atomic E-state index is 0.0266. The summed E-state index contributed by atoms with van der Waals surface area (Å²) < 4.78 is 5.51. The molecule has 0 bridgehead atoms. The van der Waals surface area contributed by atoms with Crippen LogP contribution in [0.2, 0.25) is 8.67 Å². The second-order valence-corrected chi connectivity index (χ2v) is 6.12. The van der Waals surface area contributed by atoms with E-state index in [9.17, 15) is 9.59 Å². The Hall–Kier alpha value is -1.56. The number of carboxylic acid groups (broad SMARTS) is 1. The molecule has 0 aliphatic carbocycles.